The van der Waals surface area contributed by atoms with Crippen molar-refractivity contribution in [3.05, 3.63) is 52.5 Å². The quantitative estimate of drug-likeness (QED) is 0.155. The Labute approximate surface area is 247 Å². The van der Waals surface area contributed by atoms with E-state index in [1.54, 1.807) is 0 Å². The maximum atomic E-state index is 13.8. The lowest BCUT2D eigenvalue weighted by atomic mass is 9.90. The summed E-state index contributed by atoms with van der Waals surface area (Å²) in [5.41, 5.74) is 8.24. The second-order valence-corrected chi connectivity index (χ2v) is 17.6. The third kappa shape index (κ3) is 5.97. The Morgan fingerprint density at radius 3 is 2.56 bits per heavy atom. The van der Waals surface area contributed by atoms with E-state index in [0.29, 0.717) is 38.7 Å². The molecule has 0 N–H and O–H groups in total. The number of nitrogens with zero attached hydrogens (tertiary/aromatic N) is 3. The maximum Gasteiger partial charge on any atom is 0.355 e. The number of fused-ring (bicyclic) bond motifs is 2. The fourth-order valence-corrected chi connectivity index (χ4v) is 6.70. The minimum atomic E-state index is -1.89. The van der Waals surface area contributed by atoms with Crippen molar-refractivity contribution in [2.24, 2.45) is 7.05 Å². The number of esters is 1. The molecule has 0 saturated carbocycles. The Morgan fingerprint density at radius 1 is 1.17 bits per heavy atom. The van der Waals surface area contributed by atoms with Gasteiger partial charge >= 0.3 is 5.97 Å². The van der Waals surface area contributed by atoms with E-state index in [1.807, 2.05) is 24.7 Å². The van der Waals surface area contributed by atoms with Crippen molar-refractivity contribution in [3.63, 3.8) is 0 Å². The van der Waals surface area contributed by atoms with E-state index in [9.17, 15) is 4.79 Å². The molecule has 0 amide bonds. The summed E-state index contributed by atoms with van der Waals surface area (Å²) in [6.07, 6.45) is 5.76. The summed E-state index contributed by atoms with van der Waals surface area (Å²) in [5, 5.41) is 6.14. The van der Waals surface area contributed by atoms with Gasteiger partial charge in [0.05, 0.1) is 36.7 Å². The molecule has 3 heterocycles. The van der Waals surface area contributed by atoms with E-state index in [2.05, 4.69) is 77.4 Å². The van der Waals surface area contributed by atoms with Crippen LogP contribution in [0.5, 0.6) is 0 Å². The van der Waals surface area contributed by atoms with Crippen LogP contribution in [-0.4, -0.2) is 48.5 Å². The number of benzene rings is 1. The highest BCUT2D eigenvalue weighted by Crippen LogP contribution is 2.43. The highest BCUT2D eigenvalue weighted by atomic mass is 28.4. The standard InChI is InChI=1S/C33H49N3O4Si/c1-11-25-29-26(35(8)34-25)21-38-19-14-13-18-36-30-24(16-15-22(3)28(29)30)27(31(36)32(37)39-12-2)23(4)17-20-40-41(9,10)33(5,6)7/h13-16,23H,11-12,17-21H2,1-10H3/b14-13-. The topological polar surface area (TPSA) is 67.5 Å². The summed E-state index contributed by atoms with van der Waals surface area (Å²) >= 11 is 0. The normalized spacial score (nSPS) is 15.9. The van der Waals surface area contributed by atoms with Crippen LogP contribution in [0.4, 0.5) is 0 Å². The van der Waals surface area contributed by atoms with E-state index in [-0.39, 0.29) is 16.9 Å². The lowest BCUT2D eigenvalue weighted by molar-refractivity contribution is 0.0513. The molecule has 0 saturated heterocycles. The van der Waals surface area contributed by atoms with Crippen LogP contribution in [0.1, 0.15) is 86.9 Å². The average molecular weight is 580 g/mol. The minimum Gasteiger partial charge on any atom is -0.461 e. The van der Waals surface area contributed by atoms with Crippen molar-refractivity contribution in [2.75, 3.05) is 19.8 Å². The zero-order chi connectivity index (χ0) is 30.1. The summed E-state index contributed by atoms with van der Waals surface area (Å²) < 4.78 is 22.5. The molecule has 0 spiro atoms. The molecule has 224 valence electrons. The second-order valence-electron chi connectivity index (χ2n) is 12.8. The Morgan fingerprint density at radius 2 is 1.90 bits per heavy atom. The zero-order valence-corrected chi connectivity index (χ0v) is 27.8. The van der Waals surface area contributed by atoms with Crippen molar-refractivity contribution in [1.29, 1.82) is 0 Å². The maximum absolute atomic E-state index is 13.8. The number of aromatic nitrogens is 3. The molecule has 1 aliphatic heterocycles. The van der Waals surface area contributed by atoms with Crippen LogP contribution in [0.2, 0.25) is 18.1 Å². The molecular formula is C33H49N3O4Si. The monoisotopic (exact) mass is 579 g/mol. The first kappa shape index (κ1) is 31.3. The fourth-order valence-electron chi connectivity index (χ4n) is 5.64. The molecule has 3 aromatic rings. The summed E-state index contributed by atoms with van der Waals surface area (Å²) in [7, 11) is 0.105. The van der Waals surface area contributed by atoms with E-state index < -0.39 is 8.32 Å². The van der Waals surface area contributed by atoms with E-state index >= 15 is 0 Å². The lowest BCUT2D eigenvalue weighted by Gasteiger charge is -2.36. The van der Waals surface area contributed by atoms with E-state index in [0.717, 1.165) is 57.4 Å². The lowest BCUT2D eigenvalue weighted by Crippen LogP contribution is -2.41. The summed E-state index contributed by atoms with van der Waals surface area (Å²) in [4.78, 5) is 13.8. The van der Waals surface area contributed by atoms with Crippen LogP contribution < -0.4 is 0 Å². The molecule has 0 radical (unpaired) electrons. The van der Waals surface area contributed by atoms with Gasteiger partial charge in [-0.2, -0.15) is 5.10 Å². The smallest absolute Gasteiger partial charge is 0.355 e. The molecule has 4 rings (SSSR count). The average Bonchev–Trinajstić information content (AvgIpc) is 3.38. The molecule has 2 aromatic heterocycles. The predicted octanol–water partition coefficient (Wildman–Crippen LogP) is 7.69. The summed E-state index contributed by atoms with van der Waals surface area (Å²) in [5.74, 6) is -0.182. The van der Waals surface area contributed by atoms with Gasteiger partial charge in [-0.1, -0.05) is 58.9 Å². The number of ether oxygens (including phenoxy) is 2. The van der Waals surface area contributed by atoms with Gasteiger partial charge in [0.25, 0.3) is 0 Å². The van der Waals surface area contributed by atoms with Crippen molar-refractivity contribution in [2.45, 2.75) is 98.5 Å². The van der Waals surface area contributed by atoms with Gasteiger partial charge in [-0.15, -0.1) is 0 Å². The molecule has 1 aromatic carbocycles. The van der Waals surface area contributed by atoms with Crippen molar-refractivity contribution in [3.8, 4) is 11.1 Å². The molecule has 0 aliphatic carbocycles. The van der Waals surface area contributed by atoms with Crippen LogP contribution >= 0.6 is 0 Å². The van der Waals surface area contributed by atoms with Crippen LogP contribution in [0.15, 0.2) is 24.3 Å². The SMILES string of the molecule is CCOC(=O)c1c(C(C)CCO[Si](C)(C)C(C)(C)C)c2ccc(C)c3c2n1C/C=C\COCc1c-3c(CC)nn1C. The largest absolute Gasteiger partial charge is 0.461 e. The van der Waals surface area contributed by atoms with Gasteiger partial charge in [0, 0.05) is 36.7 Å². The van der Waals surface area contributed by atoms with Crippen molar-refractivity contribution < 1.29 is 18.7 Å². The van der Waals surface area contributed by atoms with E-state index in [4.69, 9.17) is 19.0 Å². The van der Waals surface area contributed by atoms with Gasteiger partial charge in [0.1, 0.15) is 5.69 Å². The second kappa shape index (κ2) is 12.3. The number of carbonyl (C=O) groups is 1. The number of hydrogen-bond donors (Lipinski definition) is 0. The van der Waals surface area contributed by atoms with Crippen molar-refractivity contribution in [1.82, 2.24) is 14.3 Å². The van der Waals surface area contributed by atoms with Gasteiger partial charge in [0.15, 0.2) is 8.32 Å². The molecule has 41 heavy (non-hydrogen) atoms. The molecule has 8 heteroatoms. The summed E-state index contributed by atoms with van der Waals surface area (Å²) in [6, 6.07) is 4.38. The van der Waals surface area contributed by atoms with Crippen LogP contribution in [0, 0.1) is 6.92 Å². The fraction of sp³-hybridized carbons (Fsp3) is 0.576. The van der Waals surface area contributed by atoms with E-state index in [1.165, 1.54) is 0 Å². The Hall–Kier alpha value is -2.68. The van der Waals surface area contributed by atoms with Crippen LogP contribution in [-0.2, 0) is 40.5 Å². The first-order valence-corrected chi connectivity index (χ1v) is 18.0. The van der Waals surface area contributed by atoms with Gasteiger partial charge in [-0.05, 0) is 61.9 Å². The molecule has 1 atom stereocenters. The zero-order valence-electron chi connectivity index (χ0n) is 26.8. The molecular weight excluding hydrogens is 530 g/mol. The van der Waals surface area contributed by atoms with Crippen LogP contribution in [0.25, 0.3) is 22.0 Å². The van der Waals surface area contributed by atoms with Gasteiger partial charge in [0.2, 0.25) is 0 Å². The Bertz CT molecular complexity index is 1440. The van der Waals surface area contributed by atoms with Gasteiger partial charge < -0.3 is 18.5 Å². The first-order chi connectivity index (χ1) is 19.3. The van der Waals surface area contributed by atoms with Gasteiger partial charge in [-0.25, -0.2) is 4.79 Å². The predicted molar refractivity (Wildman–Crippen MR) is 169 cm³/mol. The van der Waals surface area contributed by atoms with Gasteiger partial charge in [-0.3, -0.25) is 4.68 Å². The number of hydrogen-bond acceptors (Lipinski definition) is 5. The third-order valence-corrected chi connectivity index (χ3v) is 13.5. The molecule has 1 aliphatic rings. The number of carbonyl (C=O) groups excluding carboxylic acids is 1. The number of aryl methyl sites for hydroxylation is 3. The number of rotatable bonds is 8. The first-order valence-electron chi connectivity index (χ1n) is 15.1. The molecule has 0 fully saturated rings. The minimum absolute atomic E-state index is 0.0951. The van der Waals surface area contributed by atoms with Crippen molar-refractivity contribution >= 4 is 25.2 Å². The third-order valence-electron chi connectivity index (χ3n) is 8.98. The molecule has 7 nitrogen and oxygen atoms in total. The molecule has 1 unspecified atom stereocenters. The Kier molecular flexibility index (Phi) is 9.36. The van der Waals surface area contributed by atoms with Crippen LogP contribution in [0.3, 0.4) is 0 Å². The highest BCUT2D eigenvalue weighted by Gasteiger charge is 2.37. The molecule has 0 bridgehead atoms. The Balaban J connectivity index is 1.98. The summed E-state index contributed by atoms with van der Waals surface area (Å²) in [6.45, 7) is 22.3. The number of allylic oxidation sites excluding steroid dienone is 1. The highest BCUT2D eigenvalue weighted by molar-refractivity contribution is 6.74.